The zero-order chi connectivity index (χ0) is 19.1. The SMILES string of the molecule is Cc1oc2c(c1C(=O)N1CCC[C@@H](c3ncc4c(n3)CCNC4)C1)CCCC2. The number of carbonyl (C=O) groups is 1. The molecule has 6 nitrogen and oxygen atoms in total. The van der Waals surface area contributed by atoms with E-state index in [0.717, 1.165) is 93.1 Å². The first kappa shape index (κ1) is 17.9. The number of fused-ring (bicyclic) bond motifs is 2. The summed E-state index contributed by atoms with van der Waals surface area (Å²) in [6.45, 7) is 5.28. The predicted octanol–water partition coefficient (Wildman–Crippen LogP) is 2.92. The number of nitrogens with zero attached hydrogens (tertiary/aromatic N) is 3. The van der Waals surface area contributed by atoms with Crippen LogP contribution in [0.1, 0.15) is 76.1 Å². The molecular weight excluding hydrogens is 352 g/mol. The van der Waals surface area contributed by atoms with Crippen molar-refractivity contribution in [1.82, 2.24) is 20.2 Å². The van der Waals surface area contributed by atoms with Crippen LogP contribution in [-0.2, 0) is 25.8 Å². The summed E-state index contributed by atoms with van der Waals surface area (Å²) in [4.78, 5) is 24.9. The molecule has 28 heavy (non-hydrogen) atoms. The van der Waals surface area contributed by atoms with Gasteiger partial charge in [-0.05, 0) is 39.0 Å². The Kier molecular flexibility index (Phi) is 4.67. The molecule has 5 rings (SSSR count). The van der Waals surface area contributed by atoms with Gasteiger partial charge in [0.25, 0.3) is 5.91 Å². The number of amides is 1. The summed E-state index contributed by atoms with van der Waals surface area (Å²) in [6.07, 6.45) is 9.21. The number of likely N-dealkylation sites (tertiary alicyclic amines) is 1. The van der Waals surface area contributed by atoms with Gasteiger partial charge in [0, 0.05) is 68.0 Å². The van der Waals surface area contributed by atoms with E-state index >= 15 is 0 Å². The molecule has 148 valence electrons. The summed E-state index contributed by atoms with van der Waals surface area (Å²) in [5, 5.41) is 3.37. The Morgan fingerprint density at radius 1 is 1.25 bits per heavy atom. The number of carbonyl (C=O) groups excluding carboxylic acids is 1. The normalized spacial score (nSPS) is 21.9. The molecular formula is C22H28N4O2. The second-order valence-electron chi connectivity index (χ2n) is 8.36. The number of nitrogens with one attached hydrogen (secondary N) is 1. The Morgan fingerprint density at radius 3 is 3.07 bits per heavy atom. The van der Waals surface area contributed by atoms with Crippen LogP contribution in [0, 0.1) is 6.92 Å². The van der Waals surface area contributed by atoms with Crippen molar-refractivity contribution in [2.24, 2.45) is 0 Å². The Bertz CT molecular complexity index is 904. The zero-order valence-electron chi connectivity index (χ0n) is 16.6. The summed E-state index contributed by atoms with van der Waals surface area (Å²) >= 11 is 0. The van der Waals surface area contributed by atoms with Gasteiger partial charge in [-0.15, -0.1) is 0 Å². The maximum atomic E-state index is 13.4. The molecule has 1 saturated heterocycles. The summed E-state index contributed by atoms with van der Waals surface area (Å²) in [7, 11) is 0. The van der Waals surface area contributed by atoms with Gasteiger partial charge in [-0.3, -0.25) is 4.79 Å². The minimum absolute atomic E-state index is 0.135. The summed E-state index contributed by atoms with van der Waals surface area (Å²) < 4.78 is 5.94. The van der Waals surface area contributed by atoms with Crippen LogP contribution < -0.4 is 5.32 Å². The van der Waals surface area contributed by atoms with Crippen molar-refractivity contribution in [2.45, 2.75) is 64.3 Å². The minimum atomic E-state index is 0.135. The summed E-state index contributed by atoms with van der Waals surface area (Å²) in [6, 6.07) is 0. The van der Waals surface area contributed by atoms with Crippen molar-refractivity contribution in [2.75, 3.05) is 19.6 Å². The molecule has 0 unspecified atom stereocenters. The van der Waals surface area contributed by atoms with Gasteiger partial charge in [0.1, 0.15) is 17.3 Å². The standard InChI is InChI=1S/C22H28N4O2/c1-14-20(17-6-2-3-7-19(17)28-14)22(27)26-10-4-5-15(13-26)21-24-12-16-11-23-9-8-18(16)25-21/h12,15,23H,2-11,13H2,1H3/t15-/m1/s1. The lowest BCUT2D eigenvalue weighted by atomic mass is 9.92. The maximum Gasteiger partial charge on any atom is 0.257 e. The highest BCUT2D eigenvalue weighted by Gasteiger charge is 2.32. The zero-order valence-corrected chi connectivity index (χ0v) is 16.6. The second kappa shape index (κ2) is 7.32. The highest BCUT2D eigenvalue weighted by atomic mass is 16.3. The molecule has 1 atom stereocenters. The topological polar surface area (TPSA) is 71.3 Å². The van der Waals surface area contributed by atoms with Crippen LogP contribution in [-0.4, -0.2) is 40.4 Å². The summed E-state index contributed by atoms with van der Waals surface area (Å²) in [5.74, 6) is 3.09. The molecule has 2 aromatic rings. The Morgan fingerprint density at radius 2 is 2.14 bits per heavy atom. The van der Waals surface area contributed by atoms with Gasteiger partial charge < -0.3 is 14.6 Å². The Hall–Kier alpha value is -2.21. The molecule has 3 aliphatic rings. The molecule has 6 heteroatoms. The van der Waals surface area contributed by atoms with Crippen LogP contribution in [0.3, 0.4) is 0 Å². The lowest BCUT2D eigenvalue weighted by Crippen LogP contribution is -2.40. The lowest BCUT2D eigenvalue weighted by Gasteiger charge is -2.32. The largest absolute Gasteiger partial charge is 0.465 e. The van der Waals surface area contributed by atoms with Crippen molar-refractivity contribution < 1.29 is 9.21 Å². The molecule has 2 aliphatic heterocycles. The van der Waals surface area contributed by atoms with Crippen molar-refractivity contribution >= 4 is 5.91 Å². The van der Waals surface area contributed by atoms with E-state index < -0.39 is 0 Å². The van der Waals surface area contributed by atoms with Crippen molar-refractivity contribution in [3.8, 4) is 0 Å². The predicted molar refractivity (Wildman–Crippen MR) is 105 cm³/mol. The van der Waals surface area contributed by atoms with E-state index in [1.807, 2.05) is 18.0 Å². The molecule has 0 saturated carbocycles. The molecule has 0 aromatic carbocycles. The van der Waals surface area contributed by atoms with Crippen molar-refractivity contribution in [3.63, 3.8) is 0 Å². The first-order valence-corrected chi connectivity index (χ1v) is 10.7. The van der Waals surface area contributed by atoms with Crippen LogP contribution in [0.2, 0.25) is 0 Å². The summed E-state index contributed by atoms with van der Waals surface area (Å²) in [5.41, 5.74) is 4.37. The van der Waals surface area contributed by atoms with E-state index in [1.54, 1.807) is 0 Å². The van der Waals surface area contributed by atoms with Crippen LogP contribution in [0.4, 0.5) is 0 Å². The van der Waals surface area contributed by atoms with Gasteiger partial charge in [0.2, 0.25) is 0 Å². The smallest absolute Gasteiger partial charge is 0.257 e. The van der Waals surface area contributed by atoms with Gasteiger partial charge in [0.05, 0.1) is 5.56 Å². The average molecular weight is 380 g/mol. The van der Waals surface area contributed by atoms with Crippen LogP contribution >= 0.6 is 0 Å². The molecule has 1 amide bonds. The molecule has 1 fully saturated rings. The molecule has 0 spiro atoms. The number of piperidine rings is 1. The van der Waals surface area contributed by atoms with Crippen LogP contribution in [0.15, 0.2) is 10.6 Å². The lowest BCUT2D eigenvalue weighted by molar-refractivity contribution is 0.0701. The number of aryl methyl sites for hydroxylation is 2. The fourth-order valence-corrected chi connectivity index (χ4v) is 4.96. The highest BCUT2D eigenvalue weighted by Crippen LogP contribution is 2.32. The van der Waals surface area contributed by atoms with E-state index in [2.05, 4.69) is 10.3 Å². The third-order valence-electron chi connectivity index (χ3n) is 6.46. The third kappa shape index (κ3) is 3.13. The molecule has 1 aliphatic carbocycles. The number of hydrogen-bond acceptors (Lipinski definition) is 5. The van der Waals surface area contributed by atoms with E-state index in [-0.39, 0.29) is 11.8 Å². The number of hydrogen-bond donors (Lipinski definition) is 1. The molecule has 1 N–H and O–H groups in total. The van der Waals surface area contributed by atoms with Crippen LogP contribution in [0.5, 0.6) is 0 Å². The molecule has 0 radical (unpaired) electrons. The van der Waals surface area contributed by atoms with Crippen molar-refractivity contribution in [3.05, 3.63) is 45.9 Å². The fourth-order valence-electron chi connectivity index (χ4n) is 4.96. The van der Waals surface area contributed by atoms with Gasteiger partial charge >= 0.3 is 0 Å². The quantitative estimate of drug-likeness (QED) is 0.867. The minimum Gasteiger partial charge on any atom is -0.465 e. The van der Waals surface area contributed by atoms with Gasteiger partial charge in [-0.25, -0.2) is 9.97 Å². The van der Waals surface area contributed by atoms with E-state index in [9.17, 15) is 4.79 Å². The van der Waals surface area contributed by atoms with Gasteiger partial charge in [0.15, 0.2) is 0 Å². The Labute approximate surface area is 165 Å². The maximum absolute atomic E-state index is 13.4. The third-order valence-corrected chi connectivity index (χ3v) is 6.46. The van der Waals surface area contributed by atoms with Gasteiger partial charge in [-0.2, -0.15) is 0 Å². The highest BCUT2D eigenvalue weighted by molar-refractivity contribution is 5.97. The van der Waals surface area contributed by atoms with Gasteiger partial charge in [-0.1, -0.05) is 0 Å². The van der Waals surface area contributed by atoms with Crippen molar-refractivity contribution in [1.29, 1.82) is 0 Å². The second-order valence-corrected chi connectivity index (χ2v) is 8.36. The number of furan rings is 1. The fraction of sp³-hybridized carbons (Fsp3) is 0.591. The average Bonchev–Trinajstić information content (AvgIpc) is 3.08. The van der Waals surface area contributed by atoms with E-state index in [1.165, 1.54) is 11.3 Å². The number of rotatable bonds is 2. The molecule has 4 heterocycles. The van der Waals surface area contributed by atoms with Crippen LogP contribution in [0.25, 0.3) is 0 Å². The first-order chi connectivity index (χ1) is 13.7. The molecule has 2 aromatic heterocycles. The molecule has 0 bridgehead atoms. The van der Waals surface area contributed by atoms with E-state index in [0.29, 0.717) is 6.54 Å². The monoisotopic (exact) mass is 380 g/mol. The number of aromatic nitrogens is 2. The first-order valence-electron chi connectivity index (χ1n) is 10.7. The van der Waals surface area contributed by atoms with E-state index in [4.69, 9.17) is 9.40 Å². The Balaban J connectivity index is 1.37.